The number of carbonyl (C=O) groups is 1. The summed E-state index contributed by atoms with van der Waals surface area (Å²) in [7, 11) is -3.92. The average Bonchev–Trinajstić information content (AvgIpc) is 2.62. The summed E-state index contributed by atoms with van der Waals surface area (Å²) in [4.78, 5) is 10.8. The Hall–Kier alpha value is -2.32. The number of benzene rings is 2. The summed E-state index contributed by atoms with van der Waals surface area (Å²) >= 11 is 0. The van der Waals surface area contributed by atoms with Crippen molar-refractivity contribution in [3.05, 3.63) is 54.1 Å². The molecule has 1 saturated carbocycles. The normalized spacial score (nSPS) is 20.4. The molecule has 0 atom stereocenters. The Labute approximate surface area is 156 Å². The average molecular weight is 395 g/mol. The molecule has 0 aromatic heterocycles. The summed E-state index contributed by atoms with van der Waals surface area (Å²) in [5.41, 5.74) is 0.619. The van der Waals surface area contributed by atoms with Crippen LogP contribution in [0.25, 0.3) is 11.1 Å². The second kappa shape index (κ2) is 7.74. The fourth-order valence-electron chi connectivity index (χ4n) is 3.27. The number of hydrogen-bond acceptors (Lipinski definition) is 3. The van der Waals surface area contributed by atoms with Crippen LogP contribution in [0.15, 0.2) is 47.4 Å². The molecule has 0 spiro atoms. The highest BCUT2D eigenvalue weighted by Gasteiger charge is 2.29. The van der Waals surface area contributed by atoms with Gasteiger partial charge in [-0.25, -0.2) is 21.9 Å². The molecule has 144 valence electrons. The smallest absolute Gasteiger partial charge is 0.306 e. The van der Waals surface area contributed by atoms with Gasteiger partial charge in [-0.15, -0.1) is 0 Å². The van der Waals surface area contributed by atoms with Crippen molar-refractivity contribution in [2.24, 2.45) is 5.92 Å². The molecule has 27 heavy (non-hydrogen) atoms. The second-order valence-corrected chi connectivity index (χ2v) is 8.37. The third kappa shape index (κ3) is 4.51. The Bertz CT molecular complexity index is 937. The molecule has 1 aliphatic carbocycles. The minimum absolute atomic E-state index is 0.177. The van der Waals surface area contributed by atoms with Crippen molar-refractivity contribution >= 4 is 16.0 Å². The summed E-state index contributed by atoms with van der Waals surface area (Å²) in [6.45, 7) is 0. The minimum Gasteiger partial charge on any atom is -0.481 e. The van der Waals surface area contributed by atoms with Crippen molar-refractivity contribution in [1.82, 2.24) is 4.72 Å². The molecule has 2 N–H and O–H groups in total. The molecule has 8 heteroatoms. The number of halogens is 2. The lowest BCUT2D eigenvalue weighted by Crippen LogP contribution is -2.38. The molecule has 0 saturated heterocycles. The molecule has 2 aromatic rings. The predicted molar refractivity (Wildman–Crippen MR) is 95.5 cm³/mol. The first-order valence-corrected chi connectivity index (χ1v) is 10.1. The van der Waals surface area contributed by atoms with Crippen LogP contribution < -0.4 is 4.72 Å². The first-order chi connectivity index (χ1) is 12.8. The number of carboxylic acid groups (broad SMARTS) is 1. The van der Waals surface area contributed by atoms with Gasteiger partial charge in [-0.05, 0) is 55.5 Å². The molecule has 1 fully saturated rings. The van der Waals surface area contributed by atoms with Crippen molar-refractivity contribution in [1.29, 1.82) is 0 Å². The van der Waals surface area contributed by atoms with Crippen LogP contribution in [0.1, 0.15) is 25.7 Å². The Kier molecular flexibility index (Phi) is 5.57. The van der Waals surface area contributed by atoms with Gasteiger partial charge in [0.15, 0.2) is 0 Å². The van der Waals surface area contributed by atoms with Crippen molar-refractivity contribution in [2.45, 2.75) is 36.6 Å². The number of carboxylic acids is 1. The lowest BCUT2D eigenvalue weighted by atomic mass is 9.87. The van der Waals surface area contributed by atoms with E-state index in [2.05, 4.69) is 4.72 Å². The first kappa shape index (κ1) is 19.4. The van der Waals surface area contributed by atoms with E-state index in [0.29, 0.717) is 31.2 Å². The van der Waals surface area contributed by atoms with E-state index in [0.717, 1.165) is 6.07 Å². The van der Waals surface area contributed by atoms with Crippen molar-refractivity contribution in [3.63, 3.8) is 0 Å². The van der Waals surface area contributed by atoms with E-state index in [4.69, 9.17) is 5.11 Å². The second-order valence-electron chi connectivity index (χ2n) is 6.66. The van der Waals surface area contributed by atoms with Crippen LogP contribution >= 0.6 is 0 Å². The topological polar surface area (TPSA) is 83.5 Å². The summed E-state index contributed by atoms with van der Waals surface area (Å²) in [6.07, 6.45) is 1.65. The Morgan fingerprint density at radius 2 is 1.63 bits per heavy atom. The zero-order valence-corrected chi connectivity index (χ0v) is 15.2. The molecule has 3 rings (SSSR count). The summed E-state index contributed by atoms with van der Waals surface area (Å²) < 4.78 is 55.0. The highest BCUT2D eigenvalue weighted by Crippen LogP contribution is 2.28. The molecule has 0 amide bonds. The Morgan fingerprint density at radius 3 is 2.19 bits per heavy atom. The number of nitrogens with one attached hydrogen (secondary N) is 1. The van der Waals surface area contributed by atoms with Crippen LogP contribution in [-0.4, -0.2) is 25.5 Å². The molecule has 0 aliphatic heterocycles. The monoisotopic (exact) mass is 395 g/mol. The molecule has 0 unspecified atom stereocenters. The van der Waals surface area contributed by atoms with E-state index in [9.17, 15) is 22.0 Å². The maximum Gasteiger partial charge on any atom is 0.306 e. The molecule has 2 aromatic carbocycles. The van der Waals surface area contributed by atoms with E-state index in [1.165, 1.54) is 36.4 Å². The van der Waals surface area contributed by atoms with Gasteiger partial charge in [0, 0.05) is 11.6 Å². The van der Waals surface area contributed by atoms with Crippen molar-refractivity contribution in [2.75, 3.05) is 0 Å². The van der Waals surface area contributed by atoms with Crippen molar-refractivity contribution < 1.29 is 27.1 Å². The number of rotatable bonds is 5. The van der Waals surface area contributed by atoms with Crippen molar-refractivity contribution in [3.8, 4) is 11.1 Å². The zero-order chi connectivity index (χ0) is 19.6. The summed E-state index contributed by atoms with van der Waals surface area (Å²) in [5, 5.41) is 9.00. The molecule has 0 bridgehead atoms. The summed E-state index contributed by atoms with van der Waals surface area (Å²) in [5.74, 6) is -2.48. The lowest BCUT2D eigenvalue weighted by Gasteiger charge is -2.26. The third-order valence-corrected chi connectivity index (χ3v) is 6.32. The Morgan fingerprint density at radius 1 is 1.00 bits per heavy atom. The highest BCUT2D eigenvalue weighted by molar-refractivity contribution is 7.89. The Balaban J connectivity index is 1.74. The summed E-state index contributed by atoms with van der Waals surface area (Å²) in [6, 6.07) is 8.45. The van der Waals surface area contributed by atoms with Gasteiger partial charge in [0.05, 0.1) is 10.8 Å². The zero-order valence-electron chi connectivity index (χ0n) is 14.4. The first-order valence-electron chi connectivity index (χ1n) is 8.57. The molecule has 0 heterocycles. The van der Waals surface area contributed by atoms with Gasteiger partial charge in [0.2, 0.25) is 10.0 Å². The number of hydrogen-bond donors (Lipinski definition) is 2. The van der Waals surface area contributed by atoms with Crippen LogP contribution in [0.3, 0.4) is 0 Å². The van der Waals surface area contributed by atoms with Crippen LogP contribution in [0.5, 0.6) is 0 Å². The number of sulfonamides is 1. The SMILES string of the molecule is O=C(O)C1CCC(NS(=O)(=O)c2ccc(-c3ccc(F)cc3)c(F)c2)CC1. The van der Waals surface area contributed by atoms with Crippen LogP contribution in [0, 0.1) is 17.6 Å². The van der Waals surface area contributed by atoms with Gasteiger partial charge in [-0.1, -0.05) is 18.2 Å². The minimum atomic E-state index is -3.92. The number of aliphatic carboxylic acids is 1. The quantitative estimate of drug-likeness (QED) is 0.811. The molecular formula is C19H19F2NO4S. The maximum atomic E-state index is 14.4. The van der Waals surface area contributed by atoms with E-state index < -0.39 is 33.5 Å². The molecular weight excluding hydrogens is 376 g/mol. The molecule has 0 radical (unpaired) electrons. The maximum absolute atomic E-state index is 14.4. The van der Waals surface area contributed by atoms with E-state index in [1.807, 2.05) is 0 Å². The van der Waals surface area contributed by atoms with Crippen LogP contribution in [-0.2, 0) is 14.8 Å². The van der Waals surface area contributed by atoms with Gasteiger partial charge >= 0.3 is 5.97 Å². The van der Waals surface area contributed by atoms with Gasteiger partial charge < -0.3 is 5.11 Å². The van der Waals surface area contributed by atoms with E-state index >= 15 is 0 Å². The highest BCUT2D eigenvalue weighted by atomic mass is 32.2. The third-order valence-electron chi connectivity index (χ3n) is 4.80. The van der Waals surface area contributed by atoms with Gasteiger partial charge in [-0.2, -0.15) is 0 Å². The fraction of sp³-hybridized carbons (Fsp3) is 0.316. The fourth-order valence-corrected chi connectivity index (χ4v) is 4.59. The molecule has 1 aliphatic rings. The largest absolute Gasteiger partial charge is 0.481 e. The van der Waals surface area contributed by atoms with Gasteiger partial charge in [0.25, 0.3) is 0 Å². The molecule has 5 nitrogen and oxygen atoms in total. The van der Waals surface area contributed by atoms with Crippen LogP contribution in [0.4, 0.5) is 8.78 Å². The van der Waals surface area contributed by atoms with E-state index in [-0.39, 0.29) is 16.5 Å². The predicted octanol–water partition coefficient (Wildman–Crippen LogP) is 3.55. The van der Waals surface area contributed by atoms with Gasteiger partial charge in [-0.3, -0.25) is 4.79 Å². The van der Waals surface area contributed by atoms with Gasteiger partial charge in [0.1, 0.15) is 11.6 Å². The van der Waals surface area contributed by atoms with E-state index in [1.54, 1.807) is 0 Å². The van der Waals surface area contributed by atoms with Crippen LogP contribution in [0.2, 0.25) is 0 Å². The standard InChI is InChI=1S/C19H19F2NO4S/c20-14-5-1-12(2-6-14)17-10-9-16(11-18(17)21)27(25,26)22-15-7-3-13(4-8-15)19(23)24/h1-2,5-6,9-11,13,15,22H,3-4,7-8H2,(H,23,24). The lowest BCUT2D eigenvalue weighted by molar-refractivity contribution is -0.142.